The summed E-state index contributed by atoms with van der Waals surface area (Å²) in [6, 6.07) is 6.70. The van der Waals surface area contributed by atoms with Gasteiger partial charge in [0, 0.05) is 0 Å². The number of benzene rings is 1. The molecule has 0 saturated carbocycles. The van der Waals surface area contributed by atoms with E-state index in [0.29, 0.717) is 0 Å². The third-order valence-electron chi connectivity index (χ3n) is 4.74. The van der Waals surface area contributed by atoms with Crippen molar-refractivity contribution in [1.29, 1.82) is 0 Å². The van der Waals surface area contributed by atoms with Gasteiger partial charge in [0.15, 0.2) is 6.29 Å². The molecule has 2 rings (SSSR count). The van der Waals surface area contributed by atoms with Crippen molar-refractivity contribution in [2.24, 2.45) is 5.92 Å². The average molecular weight is 426 g/mol. The van der Waals surface area contributed by atoms with Gasteiger partial charge < -0.3 is 40.5 Å². The van der Waals surface area contributed by atoms with Gasteiger partial charge in [-0.3, -0.25) is 4.79 Å². The number of hydrogen-bond acceptors (Lipinski definition) is 8. The van der Waals surface area contributed by atoms with E-state index in [0.717, 1.165) is 5.56 Å². The molecule has 10 nitrogen and oxygen atoms in total. The summed E-state index contributed by atoms with van der Waals surface area (Å²) in [5.74, 6) is -0.640. The molecule has 168 valence electrons. The van der Waals surface area contributed by atoms with Crippen molar-refractivity contribution in [3.05, 3.63) is 35.9 Å². The molecule has 1 fully saturated rings. The Labute approximate surface area is 174 Å². The van der Waals surface area contributed by atoms with Gasteiger partial charge in [0.1, 0.15) is 37.0 Å². The predicted molar refractivity (Wildman–Crippen MR) is 105 cm³/mol. The lowest BCUT2D eigenvalue weighted by atomic mass is 9.96. The van der Waals surface area contributed by atoms with E-state index >= 15 is 0 Å². The minimum Gasteiger partial charge on any atom is -0.445 e. The monoisotopic (exact) mass is 426 g/mol. The zero-order valence-corrected chi connectivity index (χ0v) is 17.0. The number of aliphatic hydroxyl groups is 4. The van der Waals surface area contributed by atoms with Gasteiger partial charge in [0.05, 0.1) is 6.61 Å². The minimum absolute atomic E-state index is 0.0331. The van der Waals surface area contributed by atoms with Crippen LogP contribution in [0.5, 0.6) is 0 Å². The molecule has 1 aromatic rings. The molecule has 6 atom stereocenters. The first kappa shape index (κ1) is 24.0. The highest BCUT2D eigenvalue weighted by molar-refractivity contribution is 5.85. The van der Waals surface area contributed by atoms with Crippen molar-refractivity contribution in [2.45, 2.75) is 63.6 Å². The maximum atomic E-state index is 12.7. The van der Waals surface area contributed by atoms with E-state index in [1.165, 1.54) is 0 Å². The minimum atomic E-state index is -1.64. The number of nitrogens with one attached hydrogen (secondary N) is 2. The zero-order valence-electron chi connectivity index (χ0n) is 17.0. The lowest BCUT2D eigenvalue weighted by molar-refractivity contribution is -0.254. The molecule has 1 aliphatic heterocycles. The van der Waals surface area contributed by atoms with Crippen LogP contribution in [0.1, 0.15) is 25.8 Å². The van der Waals surface area contributed by atoms with Gasteiger partial charge in [-0.2, -0.15) is 0 Å². The molecule has 0 spiro atoms. The van der Waals surface area contributed by atoms with E-state index in [2.05, 4.69) is 10.6 Å². The lowest BCUT2D eigenvalue weighted by Gasteiger charge is -2.40. The lowest BCUT2D eigenvalue weighted by Crippen LogP contribution is -2.65. The highest BCUT2D eigenvalue weighted by Gasteiger charge is 2.44. The summed E-state index contributed by atoms with van der Waals surface area (Å²) < 4.78 is 10.2. The number of carbonyl (C=O) groups excluding carboxylic acids is 2. The Balaban J connectivity index is 1.98. The highest BCUT2D eigenvalue weighted by atomic mass is 16.6. The molecule has 1 saturated heterocycles. The molecular formula is C20H30N2O8. The van der Waals surface area contributed by atoms with Crippen molar-refractivity contribution in [3.63, 3.8) is 0 Å². The summed E-state index contributed by atoms with van der Waals surface area (Å²) in [4.78, 5) is 24.9. The standard InChI is InChI=1S/C20H30N2O8/c1-11(2)8-13(21-20(28)29-10-12-6-4-3-5-7-12)18(26)22-15-17(25)16(24)14(9-23)30-19(15)27/h3-7,11,13-17,19,23-25,27H,8-10H2,1-2H3,(H,21,28)(H,22,26)/t13-,14+,15+,16+,17+,19+/m0/s1. The fraction of sp³-hybridized carbons (Fsp3) is 0.600. The van der Waals surface area contributed by atoms with E-state index in [4.69, 9.17) is 14.6 Å². The van der Waals surface area contributed by atoms with Crippen LogP contribution in [0.2, 0.25) is 0 Å². The van der Waals surface area contributed by atoms with Gasteiger partial charge in [-0.15, -0.1) is 0 Å². The van der Waals surface area contributed by atoms with Gasteiger partial charge >= 0.3 is 6.09 Å². The first-order valence-corrected chi connectivity index (χ1v) is 9.81. The SMILES string of the molecule is CC(C)C[C@H](NC(=O)OCc1ccccc1)C(=O)N[C@@H]1[C@@H](O)[C@H](O)[C@@H](CO)O[C@H]1O. The zero-order chi connectivity index (χ0) is 22.3. The van der Waals surface area contributed by atoms with Crippen molar-refractivity contribution >= 4 is 12.0 Å². The van der Waals surface area contributed by atoms with Crippen molar-refractivity contribution in [2.75, 3.05) is 6.61 Å². The molecular weight excluding hydrogens is 396 g/mol. The first-order chi connectivity index (χ1) is 14.2. The van der Waals surface area contributed by atoms with Crippen LogP contribution < -0.4 is 10.6 Å². The molecule has 0 bridgehead atoms. The quantitative estimate of drug-likeness (QED) is 0.317. The number of amides is 2. The van der Waals surface area contributed by atoms with E-state index in [-0.39, 0.29) is 18.9 Å². The molecule has 2 amide bonds. The van der Waals surface area contributed by atoms with Crippen LogP contribution in [0.4, 0.5) is 4.79 Å². The van der Waals surface area contributed by atoms with Crippen molar-refractivity contribution in [3.8, 4) is 0 Å². The largest absolute Gasteiger partial charge is 0.445 e. The number of aliphatic hydroxyl groups excluding tert-OH is 4. The highest BCUT2D eigenvalue weighted by Crippen LogP contribution is 2.20. The van der Waals surface area contributed by atoms with E-state index in [1.807, 2.05) is 32.0 Å². The second-order valence-corrected chi connectivity index (χ2v) is 7.65. The van der Waals surface area contributed by atoms with Crippen molar-refractivity contribution in [1.82, 2.24) is 10.6 Å². The number of alkyl carbamates (subject to hydrolysis) is 1. The van der Waals surface area contributed by atoms with Gasteiger partial charge in [-0.25, -0.2) is 4.79 Å². The summed E-state index contributed by atoms with van der Waals surface area (Å²) in [5.41, 5.74) is 0.788. The van der Waals surface area contributed by atoms with Crippen LogP contribution in [0.3, 0.4) is 0 Å². The second-order valence-electron chi connectivity index (χ2n) is 7.65. The number of rotatable bonds is 8. The molecule has 1 aliphatic rings. The molecule has 30 heavy (non-hydrogen) atoms. The summed E-state index contributed by atoms with van der Waals surface area (Å²) in [5, 5.41) is 44.2. The third-order valence-corrected chi connectivity index (χ3v) is 4.74. The fourth-order valence-electron chi connectivity index (χ4n) is 3.13. The summed E-state index contributed by atoms with van der Waals surface area (Å²) >= 11 is 0. The van der Waals surface area contributed by atoms with Crippen LogP contribution in [0.15, 0.2) is 30.3 Å². The fourth-order valence-corrected chi connectivity index (χ4v) is 3.13. The smallest absolute Gasteiger partial charge is 0.408 e. The summed E-state index contributed by atoms with van der Waals surface area (Å²) in [7, 11) is 0. The Bertz CT molecular complexity index is 687. The second kappa shape index (κ2) is 11.2. The van der Waals surface area contributed by atoms with Gasteiger partial charge in [0.2, 0.25) is 5.91 Å². The Morgan fingerprint density at radius 3 is 2.40 bits per heavy atom. The van der Waals surface area contributed by atoms with Gasteiger partial charge in [0.25, 0.3) is 0 Å². The Hall–Kier alpha value is -2.24. The van der Waals surface area contributed by atoms with Crippen LogP contribution in [-0.4, -0.2) is 75.7 Å². The van der Waals surface area contributed by atoms with Gasteiger partial charge in [-0.05, 0) is 17.9 Å². The maximum Gasteiger partial charge on any atom is 0.408 e. The Morgan fingerprint density at radius 2 is 1.80 bits per heavy atom. The molecule has 0 radical (unpaired) electrons. The molecule has 1 heterocycles. The normalized spacial score (nSPS) is 27.4. The number of hydrogen-bond donors (Lipinski definition) is 6. The van der Waals surface area contributed by atoms with E-state index in [9.17, 15) is 24.9 Å². The van der Waals surface area contributed by atoms with Crippen LogP contribution >= 0.6 is 0 Å². The maximum absolute atomic E-state index is 12.7. The van der Waals surface area contributed by atoms with Crippen LogP contribution in [0, 0.1) is 5.92 Å². The topological polar surface area (TPSA) is 158 Å². The number of ether oxygens (including phenoxy) is 2. The molecule has 6 N–H and O–H groups in total. The third kappa shape index (κ3) is 6.64. The molecule has 1 aromatic carbocycles. The Kier molecular flexibility index (Phi) is 9.00. The average Bonchev–Trinajstić information content (AvgIpc) is 2.72. The number of carbonyl (C=O) groups is 2. The molecule has 0 aliphatic carbocycles. The summed E-state index contributed by atoms with van der Waals surface area (Å²) in [6.45, 7) is 3.15. The first-order valence-electron chi connectivity index (χ1n) is 9.81. The van der Waals surface area contributed by atoms with Crippen LogP contribution in [0.25, 0.3) is 0 Å². The molecule has 0 unspecified atom stereocenters. The Morgan fingerprint density at radius 1 is 1.13 bits per heavy atom. The van der Waals surface area contributed by atoms with Crippen molar-refractivity contribution < 1.29 is 39.5 Å². The van der Waals surface area contributed by atoms with Crippen LogP contribution in [-0.2, 0) is 20.9 Å². The van der Waals surface area contributed by atoms with Gasteiger partial charge in [-0.1, -0.05) is 44.2 Å². The predicted octanol–water partition coefficient (Wildman–Crippen LogP) is -0.756. The van der Waals surface area contributed by atoms with E-state index in [1.54, 1.807) is 12.1 Å². The molecule has 10 heteroatoms. The van der Waals surface area contributed by atoms with E-state index < -0.39 is 55.3 Å². The molecule has 0 aromatic heterocycles. The summed E-state index contributed by atoms with van der Waals surface area (Å²) in [6.07, 6.45) is -6.42.